The largest absolute Gasteiger partial charge is 0.508 e. The molecule has 592 valence electrons. The normalized spacial score (nSPS) is 18.6. The summed E-state index contributed by atoms with van der Waals surface area (Å²) in [5.74, 6) is 2.62. The van der Waals surface area contributed by atoms with Crippen molar-refractivity contribution in [2.75, 3.05) is 0 Å². The van der Waals surface area contributed by atoms with Gasteiger partial charge < -0.3 is 37.8 Å². The van der Waals surface area contributed by atoms with Crippen molar-refractivity contribution < 1.29 is 37.8 Å². The highest BCUT2D eigenvalue weighted by Gasteiger charge is 2.42. The lowest BCUT2D eigenvalue weighted by Gasteiger charge is -2.37. The average molecular weight is 1560 g/mol. The van der Waals surface area contributed by atoms with Crippen molar-refractivity contribution in [2.45, 2.75) is 334 Å². The van der Waals surface area contributed by atoms with Crippen LogP contribution in [0.25, 0.3) is 11.0 Å². The van der Waals surface area contributed by atoms with Gasteiger partial charge in [-0.1, -0.05) is 333 Å². The summed E-state index contributed by atoms with van der Waals surface area (Å²) in [5, 5.41) is 28.3. The third kappa shape index (κ3) is 21.9. The molecule has 110 heavy (non-hydrogen) atoms. The molecular formula is C96H128N2O8P2S2. The molecule has 14 heteroatoms. The van der Waals surface area contributed by atoms with Gasteiger partial charge in [-0.2, -0.15) is 0 Å². The summed E-state index contributed by atoms with van der Waals surface area (Å²) in [7, 11) is 0. The molecule has 10 nitrogen and oxygen atoms in total. The van der Waals surface area contributed by atoms with Gasteiger partial charge >= 0.3 is 13.0 Å². The van der Waals surface area contributed by atoms with Crippen LogP contribution in [0.2, 0.25) is 0 Å². The quantitative estimate of drug-likeness (QED) is 0.0279. The predicted molar refractivity (Wildman–Crippen MR) is 465 cm³/mol. The number of para-hydroxylation sites is 2. The molecule has 6 unspecified atom stereocenters. The van der Waals surface area contributed by atoms with Gasteiger partial charge in [0, 0.05) is 92.4 Å². The standard InChI is InChI=1S/C96H128N2O8P2S2/c1-5-9-13-17-21-25-29-33-37-47-57-73-77-63-79-74(58-48-38-34-30-26-22-18-14-10-6-2)80-65-82-76(60-50-40-36-32-28-24-20-16-12-8-4)84-66-83-75(59-49-39-35-31-27-23-19-15-11-7-3)81-64-78(73)88(100)68-91(81)103-107(109,71-53-43-41-44-54-71)105-93(83)70-94(84)106-108(110,72-55-45-42-46-56-72)104-92(82)69-90(80)102-96-95(101-89(79)67-87(77)99)97-85-61-51-52-62-86(85)98-96/h41-46,51-56,61-70,73-76,99-100H,5-40,47-50,57-60H2,1-4H3. The number of phenols is 2. The fourth-order valence-electron chi connectivity index (χ4n) is 17.6. The van der Waals surface area contributed by atoms with E-state index in [0.717, 1.165) is 151 Å². The zero-order valence-electron chi connectivity index (χ0n) is 67.1. The van der Waals surface area contributed by atoms with Gasteiger partial charge in [0.05, 0.1) is 21.6 Å². The van der Waals surface area contributed by atoms with Gasteiger partial charge in [-0.25, -0.2) is 9.97 Å². The zero-order chi connectivity index (χ0) is 76.3. The minimum Gasteiger partial charge on any atom is -0.508 e. The zero-order valence-corrected chi connectivity index (χ0v) is 70.5. The summed E-state index contributed by atoms with van der Waals surface area (Å²) in [5.41, 5.74) is 8.69. The Kier molecular flexibility index (Phi) is 32.2. The number of aromatic nitrogens is 2. The molecule has 8 aromatic rings. The fraction of sp³-hybridized carbons (Fsp3) is 0.542. The van der Waals surface area contributed by atoms with Gasteiger partial charge in [0.15, 0.2) is 0 Å². The highest BCUT2D eigenvalue weighted by Crippen LogP contribution is 2.63. The summed E-state index contributed by atoms with van der Waals surface area (Å²) < 4.78 is 45.5. The third-order valence-electron chi connectivity index (χ3n) is 23.9. The smallest absolute Gasteiger partial charge is 0.319 e. The Morgan fingerprint density at radius 1 is 0.273 bits per heavy atom. The van der Waals surface area contributed by atoms with E-state index in [4.69, 9.17) is 61.2 Å². The number of unbranched alkanes of at least 4 members (excludes halogenated alkanes) is 36. The SMILES string of the molecule is CCCCCCCCCCCCC1c2cc3c(cc2O)Oc2nc4ccccc4nc2Oc2cc4c(cc2C3CCCCCCCCCCCC)C(CCCCCCCCCCCC)c2cc3c(cc2OP(=S)(c2ccccc2)O4)OP(=S)(c2ccccc2)Oc2cc(O)c1cc2C3CCCCCCCCCCCC. The maximum absolute atomic E-state index is 13.4. The van der Waals surface area contributed by atoms with Crippen LogP contribution in [0.1, 0.15) is 378 Å². The summed E-state index contributed by atoms with van der Waals surface area (Å²) in [6.07, 6.45) is 50.9. The Morgan fingerprint density at radius 3 is 0.809 bits per heavy atom. The molecule has 4 aliphatic rings. The molecule has 0 fully saturated rings. The molecule has 0 saturated heterocycles. The molecule has 12 rings (SSSR count). The van der Waals surface area contributed by atoms with Crippen LogP contribution in [0.15, 0.2) is 133 Å². The van der Waals surface area contributed by atoms with Gasteiger partial charge in [0.2, 0.25) is 0 Å². The molecule has 6 atom stereocenters. The first-order valence-corrected chi connectivity index (χ1v) is 49.1. The second-order valence-electron chi connectivity index (χ2n) is 32.4. The molecule has 8 bridgehead atoms. The van der Waals surface area contributed by atoms with Crippen LogP contribution in [0.4, 0.5) is 0 Å². The molecular weight excluding hydrogens is 1440 g/mol. The van der Waals surface area contributed by atoms with Crippen LogP contribution < -0.4 is 38.2 Å². The molecule has 0 amide bonds. The maximum Gasteiger partial charge on any atom is 0.319 e. The van der Waals surface area contributed by atoms with E-state index in [2.05, 4.69) is 64.1 Å². The third-order valence-corrected chi connectivity index (χ3v) is 29.7. The lowest BCUT2D eigenvalue weighted by molar-refractivity contribution is 0.390. The summed E-state index contributed by atoms with van der Waals surface area (Å²) in [6, 6.07) is 45.3. The first-order chi connectivity index (χ1) is 54.0. The Bertz CT molecular complexity index is 4300. The van der Waals surface area contributed by atoms with E-state index in [1.165, 1.54) is 180 Å². The highest BCUT2D eigenvalue weighted by atomic mass is 32.5. The van der Waals surface area contributed by atoms with Crippen LogP contribution in [0.5, 0.6) is 57.8 Å². The molecule has 3 aliphatic heterocycles. The minimum absolute atomic E-state index is 0.0879. The summed E-state index contributed by atoms with van der Waals surface area (Å²) >= 11 is 14.1. The molecule has 0 saturated carbocycles. The first kappa shape index (κ1) is 83.0. The molecule has 4 heterocycles. The van der Waals surface area contributed by atoms with Crippen molar-refractivity contribution in [1.82, 2.24) is 9.97 Å². The maximum atomic E-state index is 13.4. The molecule has 1 aromatic heterocycles. The van der Waals surface area contributed by atoms with Crippen LogP contribution in [0, 0.1) is 0 Å². The van der Waals surface area contributed by atoms with E-state index >= 15 is 0 Å². The van der Waals surface area contributed by atoms with Gasteiger partial charge in [0.25, 0.3) is 11.8 Å². The summed E-state index contributed by atoms with van der Waals surface area (Å²) in [4.78, 5) is 10.5. The number of ether oxygens (including phenoxy) is 2. The number of benzene rings is 7. The number of fused-ring (bicyclic) bond motifs is 4. The van der Waals surface area contributed by atoms with Crippen LogP contribution in [-0.4, -0.2) is 20.2 Å². The van der Waals surface area contributed by atoms with Crippen LogP contribution in [0.3, 0.4) is 0 Å². The predicted octanol–water partition coefficient (Wildman–Crippen LogP) is 29.8. The Balaban J connectivity index is 1.10. The monoisotopic (exact) mass is 1560 g/mol. The van der Waals surface area contributed by atoms with Crippen molar-refractivity contribution in [3.63, 3.8) is 0 Å². The minimum atomic E-state index is -3.58. The average Bonchev–Trinajstić information content (AvgIpc) is 0.970. The molecule has 0 spiro atoms. The van der Waals surface area contributed by atoms with E-state index in [9.17, 15) is 10.2 Å². The summed E-state index contributed by atoms with van der Waals surface area (Å²) in [6.45, 7) is 2.04. The van der Waals surface area contributed by atoms with Crippen molar-refractivity contribution in [3.8, 4) is 57.8 Å². The van der Waals surface area contributed by atoms with Crippen molar-refractivity contribution in [3.05, 3.63) is 178 Å². The number of rotatable bonds is 46. The second-order valence-corrected chi connectivity index (χ2v) is 39.0. The van der Waals surface area contributed by atoms with E-state index in [-0.39, 0.29) is 41.0 Å². The number of hydrogen-bond donors (Lipinski definition) is 2. The van der Waals surface area contributed by atoms with Gasteiger partial charge in [-0.3, -0.25) is 0 Å². The molecule has 2 N–H and O–H groups in total. The molecule has 7 aromatic carbocycles. The van der Waals surface area contributed by atoms with Crippen LogP contribution >= 0.6 is 13.0 Å². The lowest BCUT2D eigenvalue weighted by Crippen LogP contribution is -2.22. The Hall–Kier alpha value is -6.42. The van der Waals surface area contributed by atoms with E-state index < -0.39 is 18.9 Å². The van der Waals surface area contributed by atoms with Crippen molar-refractivity contribution >= 4 is 58.2 Å². The van der Waals surface area contributed by atoms with Crippen molar-refractivity contribution in [2.24, 2.45) is 0 Å². The van der Waals surface area contributed by atoms with E-state index in [1.54, 1.807) is 0 Å². The van der Waals surface area contributed by atoms with Gasteiger partial charge in [-0.15, -0.1) is 0 Å². The topological polar surface area (TPSA) is 122 Å². The lowest BCUT2D eigenvalue weighted by atomic mass is 9.76. The molecule has 0 radical (unpaired) electrons. The first-order valence-electron chi connectivity index (χ1n) is 43.8. The number of aromatic hydroxyl groups is 2. The second kappa shape index (κ2) is 42.6. The Labute approximate surface area is 671 Å². The number of hydrogen-bond acceptors (Lipinski definition) is 12. The van der Waals surface area contributed by atoms with Gasteiger partial charge in [0.1, 0.15) is 46.0 Å². The highest BCUT2D eigenvalue weighted by molar-refractivity contribution is 8.14. The molecule has 1 aliphatic carbocycles. The van der Waals surface area contributed by atoms with Gasteiger partial charge in [-0.05, 0) is 110 Å². The number of nitrogens with zero attached hydrogens (tertiary/aromatic N) is 2. The van der Waals surface area contributed by atoms with Crippen LogP contribution in [-0.2, 0) is 23.6 Å². The fourth-order valence-corrected chi connectivity index (χ4v) is 22.6. The number of phenolic OH excluding ortho intramolecular Hbond substituents is 2. The van der Waals surface area contributed by atoms with E-state index in [1.807, 2.05) is 97.1 Å². The Morgan fingerprint density at radius 2 is 0.500 bits per heavy atom. The van der Waals surface area contributed by atoms with E-state index in [0.29, 0.717) is 52.0 Å². The van der Waals surface area contributed by atoms with Crippen molar-refractivity contribution in [1.29, 1.82) is 0 Å².